The zero-order valence-electron chi connectivity index (χ0n) is 13.6. The molecule has 1 atom stereocenters. The number of carbonyl (C=O) groups is 2. The number of halogens is 1. The Labute approximate surface area is 150 Å². The molecule has 0 saturated heterocycles. The SMILES string of the molecule is CC(C)(c1ccc(Br)cc1)[C@@H](NC(=O)Cc1ccccc1)C(=O)O. The lowest BCUT2D eigenvalue weighted by Gasteiger charge is -2.32. The molecule has 4 nitrogen and oxygen atoms in total. The van der Waals surface area contributed by atoms with Gasteiger partial charge in [0.15, 0.2) is 0 Å². The van der Waals surface area contributed by atoms with Crippen LogP contribution in [0.1, 0.15) is 25.0 Å². The van der Waals surface area contributed by atoms with E-state index in [-0.39, 0.29) is 12.3 Å². The lowest BCUT2D eigenvalue weighted by Crippen LogP contribution is -2.52. The quantitative estimate of drug-likeness (QED) is 0.793. The summed E-state index contributed by atoms with van der Waals surface area (Å²) >= 11 is 3.37. The first-order chi connectivity index (χ1) is 11.3. The van der Waals surface area contributed by atoms with Crippen LogP contribution >= 0.6 is 15.9 Å². The van der Waals surface area contributed by atoms with Gasteiger partial charge in [-0.05, 0) is 23.3 Å². The fraction of sp³-hybridized carbons (Fsp3) is 0.263. The maximum atomic E-state index is 12.3. The predicted octanol–water partition coefficient (Wildman–Crippen LogP) is 3.54. The predicted molar refractivity (Wildman–Crippen MR) is 96.9 cm³/mol. The van der Waals surface area contributed by atoms with Crippen molar-refractivity contribution in [2.75, 3.05) is 0 Å². The number of carbonyl (C=O) groups excluding carboxylic acids is 1. The Kier molecular flexibility index (Phi) is 5.78. The monoisotopic (exact) mass is 389 g/mol. The Balaban J connectivity index is 2.17. The topological polar surface area (TPSA) is 66.4 Å². The van der Waals surface area contributed by atoms with E-state index in [2.05, 4.69) is 21.2 Å². The van der Waals surface area contributed by atoms with Crippen LogP contribution in [0.25, 0.3) is 0 Å². The number of rotatable bonds is 6. The van der Waals surface area contributed by atoms with Gasteiger partial charge in [0.05, 0.1) is 6.42 Å². The van der Waals surface area contributed by atoms with Crippen molar-refractivity contribution in [2.24, 2.45) is 0 Å². The van der Waals surface area contributed by atoms with E-state index in [4.69, 9.17) is 0 Å². The van der Waals surface area contributed by atoms with Crippen LogP contribution < -0.4 is 5.32 Å². The van der Waals surface area contributed by atoms with E-state index in [9.17, 15) is 14.7 Å². The van der Waals surface area contributed by atoms with E-state index < -0.39 is 17.4 Å². The molecule has 2 rings (SSSR count). The van der Waals surface area contributed by atoms with Gasteiger partial charge in [-0.3, -0.25) is 4.79 Å². The van der Waals surface area contributed by atoms with Gasteiger partial charge < -0.3 is 10.4 Å². The Hall–Kier alpha value is -2.14. The van der Waals surface area contributed by atoms with Crippen molar-refractivity contribution >= 4 is 27.8 Å². The minimum Gasteiger partial charge on any atom is -0.480 e. The summed E-state index contributed by atoms with van der Waals surface area (Å²) in [5.74, 6) is -1.36. The molecule has 0 unspecified atom stereocenters. The van der Waals surface area contributed by atoms with Crippen LogP contribution in [0.15, 0.2) is 59.1 Å². The molecule has 0 aliphatic carbocycles. The third-order valence-electron chi connectivity index (χ3n) is 4.07. The summed E-state index contributed by atoms with van der Waals surface area (Å²) in [6.07, 6.45) is 0.154. The van der Waals surface area contributed by atoms with Crippen LogP contribution in [0.2, 0.25) is 0 Å². The molecule has 0 aliphatic rings. The highest BCUT2D eigenvalue weighted by atomic mass is 79.9. The molecule has 0 fully saturated rings. The van der Waals surface area contributed by atoms with E-state index in [0.29, 0.717) is 0 Å². The summed E-state index contributed by atoms with van der Waals surface area (Å²) in [5.41, 5.74) is 0.942. The number of amides is 1. The average molecular weight is 390 g/mol. The number of nitrogens with one attached hydrogen (secondary N) is 1. The molecule has 5 heteroatoms. The van der Waals surface area contributed by atoms with Crippen LogP contribution in [0.3, 0.4) is 0 Å². The Morgan fingerprint density at radius 3 is 2.21 bits per heavy atom. The number of hydrogen-bond acceptors (Lipinski definition) is 2. The van der Waals surface area contributed by atoms with Crippen molar-refractivity contribution in [3.63, 3.8) is 0 Å². The molecule has 2 aromatic carbocycles. The van der Waals surface area contributed by atoms with Crippen LogP contribution in [0, 0.1) is 0 Å². The Bertz CT molecular complexity index is 711. The first-order valence-corrected chi connectivity index (χ1v) is 8.42. The molecule has 24 heavy (non-hydrogen) atoms. The first-order valence-electron chi connectivity index (χ1n) is 7.63. The molecular weight excluding hydrogens is 370 g/mol. The first kappa shape index (κ1) is 18.2. The third kappa shape index (κ3) is 4.45. The zero-order valence-corrected chi connectivity index (χ0v) is 15.2. The van der Waals surface area contributed by atoms with Crippen LogP contribution in [0.5, 0.6) is 0 Å². The smallest absolute Gasteiger partial charge is 0.327 e. The molecule has 2 N–H and O–H groups in total. The largest absolute Gasteiger partial charge is 0.480 e. The Morgan fingerprint density at radius 1 is 1.08 bits per heavy atom. The third-order valence-corrected chi connectivity index (χ3v) is 4.60. The van der Waals surface area contributed by atoms with Crippen LogP contribution in [0.4, 0.5) is 0 Å². The van der Waals surface area contributed by atoms with Crippen molar-refractivity contribution < 1.29 is 14.7 Å². The number of carboxylic acid groups (broad SMARTS) is 1. The van der Waals surface area contributed by atoms with Gasteiger partial charge in [0.2, 0.25) is 5.91 Å². The van der Waals surface area contributed by atoms with Crippen molar-refractivity contribution in [3.8, 4) is 0 Å². The van der Waals surface area contributed by atoms with Gasteiger partial charge in [-0.25, -0.2) is 4.79 Å². The van der Waals surface area contributed by atoms with Gasteiger partial charge in [-0.15, -0.1) is 0 Å². The summed E-state index contributed by atoms with van der Waals surface area (Å²) < 4.78 is 0.919. The van der Waals surface area contributed by atoms with Crippen molar-refractivity contribution in [3.05, 3.63) is 70.2 Å². The lowest BCUT2D eigenvalue weighted by atomic mass is 9.77. The summed E-state index contributed by atoms with van der Waals surface area (Å²) in [6.45, 7) is 3.63. The van der Waals surface area contributed by atoms with E-state index in [0.717, 1.165) is 15.6 Å². The number of carboxylic acids is 1. The van der Waals surface area contributed by atoms with Gasteiger partial charge in [0, 0.05) is 9.89 Å². The number of benzene rings is 2. The van der Waals surface area contributed by atoms with E-state index >= 15 is 0 Å². The van der Waals surface area contributed by atoms with E-state index in [1.807, 2.05) is 68.4 Å². The van der Waals surface area contributed by atoms with Crippen LogP contribution in [-0.4, -0.2) is 23.0 Å². The van der Waals surface area contributed by atoms with Crippen molar-refractivity contribution in [2.45, 2.75) is 31.7 Å². The van der Waals surface area contributed by atoms with E-state index in [1.165, 1.54) is 0 Å². The number of hydrogen-bond donors (Lipinski definition) is 2. The summed E-state index contributed by atoms with van der Waals surface area (Å²) in [5, 5.41) is 12.3. The molecule has 126 valence electrons. The second kappa shape index (κ2) is 7.62. The molecule has 0 saturated carbocycles. The van der Waals surface area contributed by atoms with Crippen LogP contribution in [-0.2, 0) is 21.4 Å². The standard InChI is InChI=1S/C19H20BrNO3/c1-19(2,14-8-10-15(20)11-9-14)17(18(23)24)21-16(22)12-13-6-4-3-5-7-13/h3-11,17H,12H2,1-2H3,(H,21,22)(H,23,24)/t17-/m0/s1. The molecule has 2 aromatic rings. The second-order valence-corrected chi connectivity index (χ2v) is 7.15. The zero-order chi connectivity index (χ0) is 17.7. The lowest BCUT2D eigenvalue weighted by molar-refractivity contribution is -0.143. The maximum Gasteiger partial charge on any atom is 0.327 e. The average Bonchev–Trinajstić information content (AvgIpc) is 2.53. The molecular formula is C19H20BrNO3. The fourth-order valence-corrected chi connectivity index (χ4v) is 2.85. The highest BCUT2D eigenvalue weighted by molar-refractivity contribution is 9.10. The van der Waals surface area contributed by atoms with Gasteiger partial charge in [-0.1, -0.05) is 72.2 Å². The molecule has 0 radical (unpaired) electrons. The highest BCUT2D eigenvalue weighted by Crippen LogP contribution is 2.28. The van der Waals surface area contributed by atoms with Crippen molar-refractivity contribution in [1.82, 2.24) is 5.32 Å². The van der Waals surface area contributed by atoms with Gasteiger partial charge >= 0.3 is 5.97 Å². The minimum absolute atomic E-state index is 0.154. The minimum atomic E-state index is -1.05. The summed E-state index contributed by atoms with van der Waals surface area (Å²) in [7, 11) is 0. The molecule has 0 aliphatic heterocycles. The van der Waals surface area contributed by atoms with Gasteiger partial charge in [0.1, 0.15) is 6.04 Å². The summed E-state index contributed by atoms with van der Waals surface area (Å²) in [4.78, 5) is 24.0. The maximum absolute atomic E-state index is 12.3. The molecule has 0 aromatic heterocycles. The fourth-order valence-electron chi connectivity index (χ4n) is 2.59. The van der Waals surface area contributed by atoms with Crippen molar-refractivity contribution in [1.29, 1.82) is 0 Å². The molecule has 1 amide bonds. The second-order valence-electron chi connectivity index (χ2n) is 6.23. The highest BCUT2D eigenvalue weighted by Gasteiger charge is 2.37. The Morgan fingerprint density at radius 2 is 1.67 bits per heavy atom. The van der Waals surface area contributed by atoms with Gasteiger partial charge in [-0.2, -0.15) is 0 Å². The normalized spacial score (nSPS) is 12.5. The summed E-state index contributed by atoms with van der Waals surface area (Å²) in [6, 6.07) is 15.7. The van der Waals surface area contributed by atoms with Gasteiger partial charge in [0.25, 0.3) is 0 Å². The molecule has 0 spiro atoms. The molecule has 0 heterocycles. The van der Waals surface area contributed by atoms with E-state index in [1.54, 1.807) is 0 Å². The molecule has 0 bridgehead atoms. The number of aliphatic carboxylic acids is 1.